The van der Waals surface area contributed by atoms with Crippen molar-refractivity contribution in [2.45, 2.75) is 32.7 Å². The van der Waals surface area contributed by atoms with Gasteiger partial charge in [0, 0.05) is 0 Å². The molecular formula is C23H19N3O3S. The van der Waals surface area contributed by atoms with E-state index in [1.807, 2.05) is 31.2 Å². The lowest BCUT2D eigenvalue weighted by molar-refractivity contribution is 0.0970. The molecule has 0 spiro atoms. The van der Waals surface area contributed by atoms with E-state index < -0.39 is 6.04 Å². The molecule has 2 aromatic carbocycles. The molecule has 2 aromatic heterocycles. The number of fused-ring (bicyclic) bond motifs is 2. The maximum Gasteiger partial charge on any atom is 0.297 e. The van der Waals surface area contributed by atoms with Crippen LogP contribution in [0.2, 0.25) is 0 Å². The van der Waals surface area contributed by atoms with Gasteiger partial charge in [-0.1, -0.05) is 61.6 Å². The Kier molecular flexibility index (Phi) is 4.47. The molecular weight excluding hydrogens is 398 g/mol. The van der Waals surface area contributed by atoms with E-state index in [4.69, 9.17) is 4.42 Å². The normalized spacial score (nSPS) is 15.7. The summed E-state index contributed by atoms with van der Waals surface area (Å²) in [6, 6.07) is 14.4. The summed E-state index contributed by atoms with van der Waals surface area (Å²) in [7, 11) is 0. The maximum absolute atomic E-state index is 13.4. The lowest BCUT2D eigenvalue weighted by Crippen LogP contribution is -2.29. The van der Waals surface area contributed by atoms with Gasteiger partial charge in [0.25, 0.3) is 5.91 Å². The first kappa shape index (κ1) is 18.7. The molecule has 30 heavy (non-hydrogen) atoms. The minimum Gasteiger partial charge on any atom is -0.450 e. The van der Waals surface area contributed by atoms with E-state index in [-0.39, 0.29) is 17.1 Å². The quantitative estimate of drug-likeness (QED) is 0.488. The van der Waals surface area contributed by atoms with Crippen molar-refractivity contribution in [1.29, 1.82) is 0 Å². The van der Waals surface area contributed by atoms with Crippen molar-refractivity contribution in [3.63, 3.8) is 0 Å². The molecule has 3 heterocycles. The van der Waals surface area contributed by atoms with E-state index in [1.165, 1.54) is 16.9 Å². The molecule has 0 saturated heterocycles. The van der Waals surface area contributed by atoms with Crippen LogP contribution < -0.4 is 10.3 Å². The predicted octanol–water partition coefficient (Wildman–Crippen LogP) is 4.52. The molecule has 7 heteroatoms. The number of aryl methyl sites for hydroxylation is 2. The lowest BCUT2D eigenvalue weighted by atomic mass is 9.97. The molecule has 1 amide bonds. The molecule has 1 aliphatic rings. The van der Waals surface area contributed by atoms with Crippen molar-refractivity contribution in [2.24, 2.45) is 0 Å². The molecule has 0 saturated carbocycles. The van der Waals surface area contributed by atoms with Crippen molar-refractivity contribution in [3.05, 3.63) is 86.2 Å². The molecule has 0 fully saturated rings. The molecule has 0 aliphatic carbocycles. The minimum atomic E-state index is -0.600. The second kappa shape index (κ2) is 7.18. The predicted molar refractivity (Wildman–Crippen MR) is 116 cm³/mol. The van der Waals surface area contributed by atoms with Crippen LogP contribution in [0.3, 0.4) is 0 Å². The first-order chi connectivity index (χ1) is 14.6. The van der Waals surface area contributed by atoms with Gasteiger partial charge in [0.1, 0.15) is 10.6 Å². The largest absolute Gasteiger partial charge is 0.450 e. The number of rotatable bonds is 4. The van der Waals surface area contributed by atoms with Gasteiger partial charge in [-0.2, -0.15) is 0 Å². The third-order valence-corrected chi connectivity index (χ3v) is 6.51. The number of para-hydroxylation sites is 1. The summed E-state index contributed by atoms with van der Waals surface area (Å²) in [5, 5.41) is 10.2. The van der Waals surface area contributed by atoms with E-state index in [1.54, 1.807) is 29.2 Å². The Balaban J connectivity index is 1.77. The number of carbonyl (C=O) groups is 1. The zero-order chi connectivity index (χ0) is 20.8. The molecule has 1 atom stereocenters. The summed E-state index contributed by atoms with van der Waals surface area (Å²) in [5.74, 6) is -0.284. The van der Waals surface area contributed by atoms with Crippen LogP contribution in [0.4, 0.5) is 5.13 Å². The molecule has 4 aromatic rings. The van der Waals surface area contributed by atoms with Crippen LogP contribution in [-0.4, -0.2) is 16.1 Å². The van der Waals surface area contributed by atoms with Crippen molar-refractivity contribution in [2.75, 3.05) is 4.90 Å². The summed E-state index contributed by atoms with van der Waals surface area (Å²) in [6.07, 6.45) is 1.64. The number of anilines is 1. The van der Waals surface area contributed by atoms with Crippen LogP contribution in [0.1, 0.15) is 52.1 Å². The van der Waals surface area contributed by atoms with E-state index in [0.717, 1.165) is 23.4 Å². The Bertz CT molecular complexity index is 1320. The average molecular weight is 417 g/mol. The lowest BCUT2D eigenvalue weighted by Gasteiger charge is -2.22. The zero-order valence-electron chi connectivity index (χ0n) is 16.6. The fourth-order valence-corrected chi connectivity index (χ4v) is 4.66. The standard InChI is InChI=1S/C23H19N3O3S/c1-3-13-9-11-14(12-10-13)19-18-20(27)15-7-5-6-8-16(15)29-21(18)22(28)26(19)23-25-24-17(4-2)30-23/h5-12,19H,3-4H2,1-2H3. The second-order valence-corrected chi connectivity index (χ2v) is 8.22. The van der Waals surface area contributed by atoms with E-state index >= 15 is 0 Å². The smallest absolute Gasteiger partial charge is 0.297 e. The van der Waals surface area contributed by atoms with Crippen LogP contribution in [-0.2, 0) is 12.8 Å². The van der Waals surface area contributed by atoms with Gasteiger partial charge in [-0.05, 0) is 36.1 Å². The fourth-order valence-electron chi connectivity index (χ4n) is 3.85. The van der Waals surface area contributed by atoms with Gasteiger partial charge in [-0.15, -0.1) is 10.2 Å². The minimum absolute atomic E-state index is 0.0801. The van der Waals surface area contributed by atoms with Crippen molar-refractivity contribution >= 4 is 33.3 Å². The number of carbonyl (C=O) groups excluding carboxylic acids is 1. The zero-order valence-corrected chi connectivity index (χ0v) is 17.4. The van der Waals surface area contributed by atoms with Gasteiger partial charge < -0.3 is 4.42 Å². The molecule has 0 radical (unpaired) electrons. The number of hydrogen-bond donors (Lipinski definition) is 0. The molecule has 1 aliphatic heterocycles. The highest BCUT2D eigenvalue weighted by atomic mass is 32.1. The van der Waals surface area contributed by atoms with Gasteiger partial charge in [0.05, 0.1) is 17.0 Å². The number of nitrogens with zero attached hydrogens (tertiary/aromatic N) is 3. The van der Waals surface area contributed by atoms with Gasteiger partial charge in [0.2, 0.25) is 10.9 Å². The summed E-state index contributed by atoms with van der Waals surface area (Å²) < 4.78 is 5.94. The second-order valence-electron chi connectivity index (χ2n) is 7.17. The first-order valence-corrected chi connectivity index (χ1v) is 10.7. The van der Waals surface area contributed by atoms with Crippen LogP contribution in [0, 0.1) is 0 Å². The Hall–Kier alpha value is -3.32. The Morgan fingerprint density at radius 2 is 1.77 bits per heavy atom. The van der Waals surface area contributed by atoms with Gasteiger partial charge in [-0.25, -0.2) is 0 Å². The van der Waals surface area contributed by atoms with Crippen LogP contribution in [0.5, 0.6) is 0 Å². The Morgan fingerprint density at radius 1 is 1.00 bits per heavy atom. The molecule has 1 unspecified atom stereocenters. The number of benzene rings is 2. The number of aromatic nitrogens is 2. The van der Waals surface area contributed by atoms with Crippen molar-refractivity contribution in [3.8, 4) is 0 Å². The van der Waals surface area contributed by atoms with E-state index in [0.29, 0.717) is 21.7 Å². The summed E-state index contributed by atoms with van der Waals surface area (Å²) >= 11 is 1.36. The molecule has 0 N–H and O–H groups in total. The first-order valence-electron chi connectivity index (χ1n) is 9.92. The van der Waals surface area contributed by atoms with E-state index in [2.05, 4.69) is 17.1 Å². The van der Waals surface area contributed by atoms with Crippen LogP contribution in [0.15, 0.2) is 57.7 Å². The topological polar surface area (TPSA) is 76.3 Å². The van der Waals surface area contributed by atoms with Gasteiger partial charge in [-0.3, -0.25) is 14.5 Å². The van der Waals surface area contributed by atoms with Gasteiger partial charge in [0.15, 0.2) is 5.43 Å². The van der Waals surface area contributed by atoms with E-state index in [9.17, 15) is 9.59 Å². The highest BCUT2D eigenvalue weighted by Gasteiger charge is 2.45. The Labute approximate surface area is 176 Å². The molecule has 0 bridgehead atoms. The maximum atomic E-state index is 13.4. The van der Waals surface area contributed by atoms with Crippen LogP contribution >= 0.6 is 11.3 Å². The number of hydrogen-bond acceptors (Lipinski definition) is 6. The molecule has 5 rings (SSSR count). The summed E-state index contributed by atoms with van der Waals surface area (Å²) in [6.45, 7) is 4.08. The summed E-state index contributed by atoms with van der Waals surface area (Å²) in [4.78, 5) is 28.4. The monoisotopic (exact) mass is 417 g/mol. The summed E-state index contributed by atoms with van der Waals surface area (Å²) in [5.41, 5.74) is 2.60. The average Bonchev–Trinajstić information content (AvgIpc) is 3.37. The highest BCUT2D eigenvalue weighted by Crippen LogP contribution is 2.42. The number of amides is 1. The third kappa shape index (κ3) is 2.77. The van der Waals surface area contributed by atoms with Crippen LogP contribution in [0.25, 0.3) is 11.0 Å². The SMILES string of the molecule is CCc1ccc(C2c3c(oc4ccccc4c3=O)C(=O)N2c2nnc(CC)s2)cc1. The van der Waals surface area contributed by atoms with Gasteiger partial charge >= 0.3 is 0 Å². The fraction of sp³-hybridized carbons (Fsp3) is 0.217. The molecule has 150 valence electrons. The van der Waals surface area contributed by atoms with Crippen molar-refractivity contribution in [1.82, 2.24) is 10.2 Å². The van der Waals surface area contributed by atoms with Crippen molar-refractivity contribution < 1.29 is 9.21 Å². The highest BCUT2D eigenvalue weighted by molar-refractivity contribution is 7.15. The molecule has 6 nitrogen and oxygen atoms in total. The third-order valence-electron chi connectivity index (χ3n) is 5.45. The Morgan fingerprint density at radius 3 is 2.47 bits per heavy atom.